The highest BCUT2D eigenvalue weighted by Gasteiger charge is 2.39. The molecule has 2 unspecified atom stereocenters. The van der Waals surface area contributed by atoms with Gasteiger partial charge in [0.2, 0.25) is 0 Å². The summed E-state index contributed by atoms with van der Waals surface area (Å²) in [5.74, 6) is 0.510. The summed E-state index contributed by atoms with van der Waals surface area (Å²) in [5, 5.41) is 0. The first-order chi connectivity index (χ1) is 15.1. The second kappa shape index (κ2) is 10.4. The van der Waals surface area contributed by atoms with Crippen LogP contribution in [-0.2, 0) is 16.1 Å². The molecule has 0 bridgehead atoms. The third kappa shape index (κ3) is 5.72. The maximum atomic E-state index is 13.2. The maximum absolute atomic E-state index is 13.2. The Morgan fingerprint density at radius 3 is 2.39 bits per heavy atom. The van der Waals surface area contributed by atoms with Crippen molar-refractivity contribution in [1.82, 2.24) is 9.80 Å². The van der Waals surface area contributed by atoms with E-state index in [1.807, 2.05) is 25.1 Å². The van der Waals surface area contributed by atoms with Crippen molar-refractivity contribution in [2.24, 2.45) is 11.8 Å². The quantitative estimate of drug-likeness (QED) is 0.620. The maximum Gasteiger partial charge on any atom is 0.310 e. The standard InChI is InChI=1S/C26H33FN2O2/c1-2-31-26(30)25-19-29(16-20-6-4-3-5-7-20)18-23(25)17-28-14-12-22(13-15-28)21-8-10-24(27)11-9-21/h3-11,22-23,25H,2,12-19H2,1H3. The molecule has 0 aliphatic carbocycles. The lowest BCUT2D eigenvalue weighted by Crippen LogP contribution is -2.40. The lowest BCUT2D eigenvalue weighted by Gasteiger charge is -2.34. The lowest BCUT2D eigenvalue weighted by molar-refractivity contribution is -0.149. The molecular formula is C26H33FN2O2. The van der Waals surface area contributed by atoms with Crippen LogP contribution in [0.4, 0.5) is 4.39 Å². The molecule has 2 aromatic rings. The van der Waals surface area contributed by atoms with Gasteiger partial charge in [-0.2, -0.15) is 0 Å². The van der Waals surface area contributed by atoms with Crippen LogP contribution < -0.4 is 0 Å². The summed E-state index contributed by atoms with van der Waals surface area (Å²) in [5.41, 5.74) is 2.52. The van der Waals surface area contributed by atoms with Gasteiger partial charge in [-0.1, -0.05) is 42.5 Å². The van der Waals surface area contributed by atoms with Crippen molar-refractivity contribution in [3.63, 3.8) is 0 Å². The molecule has 5 heteroatoms. The van der Waals surface area contributed by atoms with Crippen LogP contribution in [0.5, 0.6) is 0 Å². The van der Waals surface area contributed by atoms with Gasteiger partial charge in [0.25, 0.3) is 0 Å². The highest BCUT2D eigenvalue weighted by molar-refractivity contribution is 5.73. The molecule has 2 heterocycles. The van der Waals surface area contributed by atoms with Gasteiger partial charge < -0.3 is 9.64 Å². The summed E-state index contributed by atoms with van der Waals surface area (Å²) in [7, 11) is 0. The fourth-order valence-corrected chi connectivity index (χ4v) is 5.15. The predicted octanol–water partition coefficient (Wildman–Crippen LogP) is 4.32. The minimum atomic E-state index is -0.174. The molecule has 2 saturated heterocycles. The normalized spacial score (nSPS) is 23.2. The molecule has 2 aliphatic rings. The summed E-state index contributed by atoms with van der Waals surface area (Å²) >= 11 is 0. The Morgan fingerprint density at radius 2 is 1.71 bits per heavy atom. The molecule has 0 radical (unpaired) electrons. The smallest absolute Gasteiger partial charge is 0.310 e. The van der Waals surface area contributed by atoms with Crippen LogP contribution in [0.1, 0.15) is 36.8 Å². The average Bonchev–Trinajstić information content (AvgIpc) is 3.18. The minimum Gasteiger partial charge on any atom is -0.466 e. The molecule has 0 spiro atoms. The number of hydrogen-bond donors (Lipinski definition) is 0. The first kappa shape index (κ1) is 22.0. The van der Waals surface area contributed by atoms with E-state index in [0.717, 1.165) is 52.1 Å². The third-order valence-corrected chi connectivity index (χ3v) is 6.78. The molecular weight excluding hydrogens is 391 g/mol. The number of carbonyl (C=O) groups excluding carboxylic acids is 1. The molecule has 2 aromatic carbocycles. The Kier molecular flexibility index (Phi) is 7.36. The third-order valence-electron chi connectivity index (χ3n) is 6.78. The van der Waals surface area contributed by atoms with Gasteiger partial charge in [0.1, 0.15) is 5.82 Å². The van der Waals surface area contributed by atoms with Crippen molar-refractivity contribution in [1.29, 1.82) is 0 Å². The molecule has 2 atom stereocenters. The summed E-state index contributed by atoms with van der Waals surface area (Å²) < 4.78 is 18.6. The van der Waals surface area contributed by atoms with E-state index in [9.17, 15) is 9.18 Å². The van der Waals surface area contributed by atoms with Crippen LogP contribution in [-0.4, -0.2) is 55.1 Å². The number of ether oxygens (including phenoxy) is 1. The predicted molar refractivity (Wildman–Crippen MR) is 120 cm³/mol. The highest BCUT2D eigenvalue weighted by Crippen LogP contribution is 2.31. The Bertz CT molecular complexity index is 834. The SMILES string of the molecule is CCOC(=O)C1CN(Cc2ccccc2)CC1CN1CCC(c2ccc(F)cc2)CC1. The zero-order valence-corrected chi connectivity index (χ0v) is 18.4. The second-order valence-electron chi connectivity index (χ2n) is 8.92. The Morgan fingerprint density at radius 1 is 1.00 bits per heavy atom. The summed E-state index contributed by atoms with van der Waals surface area (Å²) in [4.78, 5) is 17.6. The summed E-state index contributed by atoms with van der Waals surface area (Å²) in [6.45, 7) is 7.86. The average molecular weight is 425 g/mol. The molecule has 31 heavy (non-hydrogen) atoms. The largest absolute Gasteiger partial charge is 0.466 e. The Hall–Kier alpha value is -2.24. The fourth-order valence-electron chi connectivity index (χ4n) is 5.15. The number of piperidine rings is 1. The van der Waals surface area contributed by atoms with E-state index in [1.54, 1.807) is 12.1 Å². The zero-order valence-electron chi connectivity index (χ0n) is 18.4. The van der Waals surface area contributed by atoms with E-state index in [1.165, 1.54) is 11.1 Å². The zero-order chi connectivity index (χ0) is 21.6. The summed E-state index contributed by atoms with van der Waals surface area (Å²) in [6.07, 6.45) is 2.16. The molecule has 0 N–H and O–H groups in total. The van der Waals surface area contributed by atoms with E-state index >= 15 is 0 Å². The summed E-state index contributed by atoms with van der Waals surface area (Å²) in [6, 6.07) is 17.4. The molecule has 2 aliphatic heterocycles. The van der Waals surface area contributed by atoms with Crippen LogP contribution in [0, 0.1) is 17.7 Å². The van der Waals surface area contributed by atoms with Crippen LogP contribution in [0.3, 0.4) is 0 Å². The first-order valence-electron chi connectivity index (χ1n) is 11.5. The van der Waals surface area contributed by atoms with Crippen molar-refractivity contribution in [2.75, 3.05) is 39.3 Å². The molecule has 0 saturated carbocycles. The Balaban J connectivity index is 1.35. The first-order valence-corrected chi connectivity index (χ1v) is 11.5. The van der Waals surface area contributed by atoms with Gasteiger partial charge in [-0.15, -0.1) is 0 Å². The van der Waals surface area contributed by atoms with Gasteiger partial charge >= 0.3 is 5.97 Å². The van der Waals surface area contributed by atoms with Crippen molar-refractivity contribution in [2.45, 2.75) is 32.2 Å². The molecule has 2 fully saturated rings. The molecule has 4 nitrogen and oxygen atoms in total. The highest BCUT2D eigenvalue weighted by atomic mass is 19.1. The van der Waals surface area contributed by atoms with Gasteiger partial charge in [-0.3, -0.25) is 9.69 Å². The van der Waals surface area contributed by atoms with E-state index in [-0.39, 0.29) is 17.7 Å². The van der Waals surface area contributed by atoms with E-state index in [4.69, 9.17) is 4.74 Å². The van der Waals surface area contributed by atoms with Gasteiger partial charge in [0, 0.05) is 26.2 Å². The van der Waals surface area contributed by atoms with Crippen molar-refractivity contribution >= 4 is 5.97 Å². The molecule has 166 valence electrons. The van der Waals surface area contributed by atoms with E-state index < -0.39 is 0 Å². The number of carbonyl (C=O) groups is 1. The second-order valence-corrected chi connectivity index (χ2v) is 8.92. The van der Waals surface area contributed by atoms with Crippen LogP contribution in [0.2, 0.25) is 0 Å². The number of esters is 1. The monoisotopic (exact) mass is 424 g/mol. The van der Waals surface area contributed by atoms with Crippen LogP contribution in [0.25, 0.3) is 0 Å². The number of likely N-dealkylation sites (tertiary alicyclic amines) is 2. The van der Waals surface area contributed by atoms with Crippen LogP contribution >= 0.6 is 0 Å². The van der Waals surface area contributed by atoms with Gasteiger partial charge in [-0.25, -0.2) is 4.39 Å². The number of nitrogens with zero attached hydrogens (tertiary/aromatic N) is 2. The van der Waals surface area contributed by atoms with Crippen molar-refractivity contribution in [3.05, 3.63) is 71.5 Å². The van der Waals surface area contributed by atoms with E-state index in [0.29, 0.717) is 18.4 Å². The topological polar surface area (TPSA) is 32.8 Å². The number of rotatable bonds is 7. The lowest BCUT2D eigenvalue weighted by atomic mass is 9.88. The van der Waals surface area contributed by atoms with Crippen molar-refractivity contribution < 1.29 is 13.9 Å². The van der Waals surface area contributed by atoms with Gasteiger partial charge in [-0.05, 0) is 68.0 Å². The van der Waals surface area contributed by atoms with Crippen LogP contribution in [0.15, 0.2) is 54.6 Å². The fraction of sp³-hybridized carbons (Fsp3) is 0.500. The van der Waals surface area contributed by atoms with Gasteiger partial charge in [0.05, 0.1) is 12.5 Å². The number of hydrogen-bond acceptors (Lipinski definition) is 4. The van der Waals surface area contributed by atoms with Crippen molar-refractivity contribution in [3.8, 4) is 0 Å². The number of benzene rings is 2. The Labute approximate surface area is 185 Å². The minimum absolute atomic E-state index is 0.0516. The van der Waals surface area contributed by atoms with E-state index in [2.05, 4.69) is 34.1 Å². The van der Waals surface area contributed by atoms with Gasteiger partial charge in [0.15, 0.2) is 0 Å². The molecule has 0 amide bonds. The molecule has 4 rings (SSSR count). The number of halogens is 1. The molecule has 0 aromatic heterocycles.